The largest absolute Gasteiger partial charge is 0.493 e. The number of benzene rings is 1. The number of thiazole rings is 1. The van der Waals surface area contributed by atoms with Gasteiger partial charge in [0, 0.05) is 11.6 Å². The minimum atomic E-state index is 0.517. The molecule has 0 fully saturated rings. The second kappa shape index (κ2) is 6.89. The summed E-state index contributed by atoms with van der Waals surface area (Å²) in [5.41, 5.74) is 3.87. The van der Waals surface area contributed by atoms with Crippen LogP contribution in [0, 0.1) is 5.92 Å². The minimum Gasteiger partial charge on any atom is -0.493 e. The van der Waals surface area contributed by atoms with Crippen molar-refractivity contribution in [2.75, 3.05) is 12.0 Å². The van der Waals surface area contributed by atoms with Gasteiger partial charge in [-0.3, -0.25) is 5.43 Å². The zero-order valence-electron chi connectivity index (χ0n) is 11.0. The van der Waals surface area contributed by atoms with Crippen LogP contribution in [0.5, 0.6) is 5.75 Å². The van der Waals surface area contributed by atoms with Gasteiger partial charge in [-0.25, -0.2) is 4.98 Å². The molecule has 0 unspecified atom stereocenters. The van der Waals surface area contributed by atoms with Gasteiger partial charge >= 0.3 is 0 Å². The molecule has 0 aliphatic rings. The summed E-state index contributed by atoms with van der Waals surface area (Å²) in [5.74, 6) is 1.38. The smallest absolute Gasteiger partial charge is 0.203 e. The van der Waals surface area contributed by atoms with Crippen LogP contribution in [0.1, 0.15) is 19.4 Å². The molecule has 2 rings (SSSR count). The number of anilines is 1. The molecular formula is C14H17N3OS. The van der Waals surface area contributed by atoms with Gasteiger partial charge in [-0.05, 0) is 23.6 Å². The number of hydrogen-bond donors (Lipinski definition) is 1. The Labute approximate surface area is 117 Å². The number of nitrogens with zero attached hydrogens (tertiary/aromatic N) is 2. The predicted octanol–water partition coefficient (Wildman–Crippen LogP) is 3.62. The Kier molecular flexibility index (Phi) is 4.92. The molecule has 1 aromatic carbocycles. The number of hydrogen-bond acceptors (Lipinski definition) is 5. The first kappa shape index (κ1) is 13.5. The maximum absolute atomic E-state index is 5.67. The van der Waals surface area contributed by atoms with Crippen LogP contribution in [0.2, 0.25) is 0 Å². The molecule has 0 radical (unpaired) electrons. The van der Waals surface area contributed by atoms with Crippen molar-refractivity contribution < 1.29 is 4.74 Å². The maximum atomic E-state index is 5.67. The molecule has 0 atom stereocenters. The molecular weight excluding hydrogens is 258 g/mol. The summed E-state index contributed by atoms with van der Waals surface area (Å²) >= 11 is 1.51. The van der Waals surface area contributed by atoms with Gasteiger partial charge < -0.3 is 4.74 Å². The van der Waals surface area contributed by atoms with E-state index in [-0.39, 0.29) is 0 Å². The Morgan fingerprint density at radius 3 is 3.11 bits per heavy atom. The van der Waals surface area contributed by atoms with E-state index in [4.69, 9.17) is 4.74 Å². The molecule has 0 saturated heterocycles. The van der Waals surface area contributed by atoms with E-state index in [1.807, 2.05) is 29.6 Å². The van der Waals surface area contributed by atoms with Gasteiger partial charge in [-0.2, -0.15) is 5.10 Å². The van der Waals surface area contributed by atoms with Crippen LogP contribution in [-0.4, -0.2) is 17.8 Å². The van der Waals surface area contributed by atoms with Gasteiger partial charge in [0.2, 0.25) is 5.13 Å². The monoisotopic (exact) mass is 275 g/mol. The Bertz CT molecular complexity index is 523. The van der Waals surface area contributed by atoms with Gasteiger partial charge in [-0.15, -0.1) is 11.3 Å². The summed E-state index contributed by atoms with van der Waals surface area (Å²) < 4.78 is 5.67. The molecule has 0 saturated carbocycles. The molecule has 0 amide bonds. The maximum Gasteiger partial charge on any atom is 0.203 e. The molecule has 0 spiro atoms. The van der Waals surface area contributed by atoms with Crippen molar-refractivity contribution in [1.82, 2.24) is 4.98 Å². The first-order valence-corrected chi connectivity index (χ1v) is 7.03. The Morgan fingerprint density at radius 2 is 2.37 bits per heavy atom. The highest BCUT2D eigenvalue weighted by molar-refractivity contribution is 7.13. The average molecular weight is 275 g/mol. The van der Waals surface area contributed by atoms with Crippen molar-refractivity contribution in [3.8, 4) is 5.75 Å². The van der Waals surface area contributed by atoms with Crippen molar-refractivity contribution in [1.29, 1.82) is 0 Å². The van der Waals surface area contributed by atoms with E-state index in [1.165, 1.54) is 11.3 Å². The lowest BCUT2D eigenvalue weighted by atomic mass is 10.2. The normalized spacial score (nSPS) is 11.1. The molecule has 1 heterocycles. The zero-order valence-corrected chi connectivity index (χ0v) is 11.9. The van der Waals surface area contributed by atoms with Gasteiger partial charge in [-0.1, -0.05) is 26.0 Å². The van der Waals surface area contributed by atoms with Crippen molar-refractivity contribution >= 4 is 22.7 Å². The molecule has 2 aromatic rings. The van der Waals surface area contributed by atoms with Gasteiger partial charge in [0.15, 0.2) is 0 Å². The minimum absolute atomic E-state index is 0.517. The third kappa shape index (κ3) is 4.71. The van der Waals surface area contributed by atoms with Crippen LogP contribution in [0.3, 0.4) is 0 Å². The number of hydrazone groups is 1. The van der Waals surface area contributed by atoms with E-state index in [9.17, 15) is 0 Å². The van der Waals surface area contributed by atoms with Crippen molar-refractivity contribution in [3.63, 3.8) is 0 Å². The zero-order chi connectivity index (χ0) is 13.5. The number of aromatic nitrogens is 1. The highest BCUT2D eigenvalue weighted by Crippen LogP contribution is 2.14. The number of rotatable bonds is 6. The second-order valence-electron chi connectivity index (χ2n) is 4.48. The Morgan fingerprint density at radius 1 is 1.47 bits per heavy atom. The standard InChI is InChI=1S/C14H17N3OS/c1-11(2)10-18-13-5-3-4-12(8-13)9-16-17-14-15-6-7-19-14/h3-9,11H,10H2,1-2H3,(H,15,17)/b16-9-. The van der Waals surface area contributed by atoms with E-state index in [0.29, 0.717) is 5.92 Å². The molecule has 0 aliphatic carbocycles. The molecule has 100 valence electrons. The van der Waals surface area contributed by atoms with Gasteiger partial charge in [0.25, 0.3) is 0 Å². The second-order valence-corrected chi connectivity index (χ2v) is 5.38. The van der Waals surface area contributed by atoms with Crippen molar-refractivity contribution in [2.24, 2.45) is 11.0 Å². The van der Waals surface area contributed by atoms with Crippen LogP contribution in [0.15, 0.2) is 40.9 Å². The van der Waals surface area contributed by atoms with Crippen molar-refractivity contribution in [2.45, 2.75) is 13.8 Å². The SMILES string of the molecule is CC(C)COc1cccc(/C=N\Nc2nccs2)c1. The van der Waals surface area contributed by atoms with E-state index in [0.717, 1.165) is 23.1 Å². The quantitative estimate of drug-likeness (QED) is 0.647. The van der Waals surface area contributed by atoms with Crippen LogP contribution in [0.25, 0.3) is 0 Å². The van der Waals surface area contributed by atoms with Crippen LogP contribution in [-0.2, 0) is 0 Å². The lowest BCUT2D eigenvalue weighted by Crippen LogP contribution is -2.04. The Balaban J connectivity index is 1.92. The lowest BCUT2D eigenvalue weighted by Gasteiger charge is -2.08. The van der Waals surface area contributed by atoms with Gasteiger partial charge in [0.1, 0.15) is 5.75 Å². The molecule has 19 heavy (non-hydrogen) atoms. The first-order chi connectivity index (χ1) is 9.24. The molecule has 0 aliphatic heterocycles. The average Bonchev–Trinajstić information content (AvgIpc) is 2.90. The predicted molar refractivity (Wildman–Crippen MR) is 80.1 cm³/mol. The third-order valence-corrected chi connectivity index (χ3v) is 2.93. The van der Waals surface area contributed by atoms with Crippen LogP contribution >= 0.6 is 11.3 Å². The van der Waals surface area contributed by atoms with E-state index in [2.05, 4.69) is 29.4 Å². The third-order valence-electron chi connectivity index (χ3n) is 2.25. The fraction of sp³-hybridized carbons (Fsp3) is 0.286. The number of nitrogens with one attached hydrogen (secondary N) is 1. The Hall–Kier alpha value is -1.88. The summed E-state index contributed by atoms with van der Waals surface area (Å²) in [5, 5.41) is 6.82. The highest BCUT2D eigenvalue weighted by atomic mass is 32.1. The topological polar surface area (TPSA) is 46.5 Å². The fourth-order valence-electron chi connectivity index (χ4n) is 1.39. The molecule has 0 bridgehead atoms. The lowest BCUT2D eigenvalue weighted by molar-refractivity contribution is 0.271. The van der Waals surface area contributed by atoms with E-state index < -0.39 is 0 Å². The fourth-order valence-corrected chi connectivity index (χ4v) is 1.87. The van der Waals surface area contributed by atoms with Crippen LogP contribution < -0.4 is 10.2 Å². The number of ether oxygens (including phenoxy) is 1. The van der Waals surface area contributed by atoms with E-state index >= 15 is 0 Å². The van der Waals surface area contributed by atoms with E-state index in [1.54, 1.807) is 12.4 Å². The summed E-state index contributed by atoms with van der Waals surface area (Å²) in [6.45, 7) is 4.98. The van der Waals surface area contributed by atoms with Crippen LogP contribution in [0.4, 0.5) is 5.13 Å². The highest BCUT2D eigenvalue weighted by Gasteiger charge is 1.98. The molecule has 5 heteroatoms. The summed E-state index contributed by atoms with van der Waals surface area (Å²) in [7, 11) is 0. The molecule has 4 nitrogen and oxygen atoms in total. The van der Waals surface area contributed by atoms with Gasteiger partial charge in [0.05, 0.1) is 12.8 Å². The van der Waals surface area contributed by atoms with Crippen molar-refractivity contribution in [3.05, 3.63) is 41.4 Å². The summed E-state index contributed by atoms with van der Waals surface area (Å²) in [4.78, 5) is 4.08. The summed E-state index contributed by atoms with van der Waals surface area (Å²) in [6.07, 6.45) is 3.49. The molecule has 1 aromatic heterocycles. The molecule has 1 N–H and O–H groups in total. The first-order valence-electron chi connectivity index (χ1n) is 6.15. The summed E-state index contributed by atoms with van der Waals surface area (Å²) in [6, 6.07) is 7.86.